The molecule has 2 aromatic rings. The van der Waals surface area contributed by atoms with Gasteiger partial charge in [0.05, 0.1) is 13.2 Å². The summed E-state index contributed by atoms with van der Waals surface area (Å²) in [5.74, 6) is 0. The lowest BCUT2D eigenvalue weighted by molar-refractivity contribution is 0.130. The number of hydrogen-bond donors (Lipinski definition) is 1. The molecule has 0 spiro atoms. The van der Waals surface area contributed by atoms with Crippen LogP contribution in [0.15, 0.2) is 53.0 Å². The van der Waals surface area contributed by atoms with Crippen molar-refractivity contribution in [2.75, 3.05) is 18.5 Å². The van der Waals surface area contributed by atoms with E-state index in [0.717, 1.165) is 27.3 Å². The zero-order chi connectivity index (χ0) is 13.5. The molecule has 4 heteroatoms. The molecule has 0 amide bonds. The zero-order valence-corrected chi connectivity index (χ0v) is 12.7. The molecular weight excluding hydrogens is 326 g/mol. The number of rotatable bonds is 6. The fourth-order valence-electron chi connectivity index (χ4n) is 1.65. The molecule has 0 aliphatic rings. The van der Waals surface area contributed by atoms with Crippen LogP contribution >= 0.6 is 27.5 Å². The highest BCUT2D eigenvalue weighted by Crippen LogP contribution is 2.14. The van der Waals surface area contributed by atoms with Gasteiger partial charge >= 0.3 is 0 Å². The van der Waals surface area contributed by atoms with E-state index in [4.69, 9.17) is 16.3 Å². The molecule has 0 saturated carbocycles. The zero-order valence-electron chi connectivity index (χ0n) is 10.4. The summed E-state index contributed by atoms with van der Waals surface area (Å²) in [6.07, 6.45) is 0. The Bertz CT molecular complexity index is 516. The molecule has 0 heterocycles. The molecule has 19 heavy (non-hydrogen) atoms. The molecule has 0 aliphatic carbocycles. The van der Waals surface area contributed by atoms with E-state index in [2.05, 4.69) is 21.2 Å². The largest absolute Gasteiger partial charge is 0.383 e. The van der Waals surface area contributed by atoms with Crippen LogP contribution in [0.2, 0.25) is 5.02 Å². The van der Waals surface area contributed by atoms with E-state index in [1.165, 1.54) is 0 Å². The molecule has 100 valence electrons. The Labute approximate surface area is 126 Å². The van der Waals surface area contributed by atoms with Crippen LogP contribution in [0, 0.1) is 0 Å². The van der Waals surface area contributed by atoms with E-state index < -0.39 is 0 Å². The van der Waals surface area contributed by atoms with E-state index in [9.17, 15) is 0 Å². The minimum absolute atomic E-state index is 0.586. The van der Waals surface area contributed by atoms with Crippen LogP contribution in [-0.4, -0.2) is 13.2 Å². The second kappa shape index (κ2) is 7.53. The highest BCUT2D eigenvalue weighted by Gasteiger charge is 1.95. The summed E-state index contributed by atoms with van der Waals surface area (Å²) in [6.45, 7) is 2.02. The first-order chi connectivity index (χ1) is 9.24. The highest BCUT2D eigenvalue weighted by molar-refractivity contribution is 9.10. The molecule has 0 aliphatic heterocycles. The summed E-state index contributed by atoms with van der Waals surface area (Å²) in [6, 6.07) is 15.8. The number of ether oxygens (including phenoxy) is 1. The van der Waals surface area contributed by atoms with Gasteiger partial charge in [0.25, 0.3) is 0 Å². The Morgan fingerprint density at radius 3 is 2.63 bits per heavy atom. The third kappa shape index (κ3) is 5.23. The molecule has 0 radical (unpaired) electrons. The maximum Gasteiger partial charge on any atom is 0.0718 e. The van der Waals surface area contributed by atoms with Gasteiger partial charge in [-0.1, -0.05) is 39.7 Å². The second-order valence-electron chi connectivity index (χ2n) is 4.12. The van der Waals surface area contributed by atoms with Gasteiger partial charge in [-0.15, -0.1) is 0 Å². The molecule has 0 atom stereocenters. The predicted molar refractivity (Wildman–Crippen MR) is 83.7 cm³/mol. The molecule has 2 rings (SSSR count). The van der Waals surface area contributed by atoms with Crippen LogP contribution in [0.5, 0.6) is 0 Å². The number of hydrogen-bond acceptors (Lipinski definition) is 2. The maximum atomic E-state index is 5.91. The number of benzene rings is 2. The smallest absolute Gasteiger partial charge is 0.0718 e. The van der Waals surface area contributed by atoms with Crippen molar-refractivity contribution < 1.29 is 4.74 Å². The molecule has 1 N–H and O–H groups in total. The van der Waals surface area contributed by atoms with Crippen molar-refractivity contribution in [3.05, 3.63) is 63.6 Å². The van der Waals surface area contributed by atoms with Crippen LogP contribution in [-0.2, 0) is 11.3 Å². The Morgan fingerprint density at radius 1 is 1.11 bits per heavy atom. The van der Waals surface area contributed by atoms with Gasteiger partial charge in [-0.05, 0) is 42.0 Å². The molecule has 0 unspecified atom stereocenters. The minimum Gasteiger partial charge on any atom is -0.383 e. The quantitative estimate of drug-likeness (QED) is 0.768. The van der Waals surface area contributed by atoms with Gasteiger partial charge in [0.1, 0.15) is 0 Å². The van der Waals surface area contributed by atoms with Crippen LogP contribution in [0.4, 0.5) is 5.69 Å². The van der Waals surface area contributed by atoms with E-state index in [1.807, 2.05) is 48.5 Å². The van der Waals surface area contributed by atoms with Gasteiger partial charge in [-0.2, -0.15) is 0 Å². The van der Waals surface area contributed by atoms with Gasteiger partial charge < -0.3 is 10.1 Å². The van der Waals surface area contributed by atoms with E-state index in [0.29, 0.717) is 13.2 Å². The van der Waals surface area contributed by atoms with E-state index in [-0.39, 0.29) is 0 Å². The first-order valence-electron chi connectivity index (χ1n) is 6.06. The van der Waals surface area contributed by atoms with E-state index >= 15 is 0 Å². The first-order valence-corrected chi connectivity index (χ1v) is 7.23. The fraction of sp³-hybridized carbons (Fsp3) is 0.200. The fourth-order valence-corrected chi connectivity index (χ4v) is 2.13. The first kappa shape index (κ1) is 14.4. The number of nitrogens with one attached hydrogen (secondary N) is 1. The van der Waals surface area contributed by atoms with Crippen molar-refractivity contribution in [3.63, 3.8) is 0 Å². The van der Waals surface area contributed by atoms with Gasteiger partial charge in [0.2, 0.25) is 0 Å². The average molecular weight is 341 g/mol. The molecule has 0 saturated heterocycles. The Kier molecular flexibility index (Phi) is 5.70. The minimum atomic E-state index is 0.586. The SMILES string of the molecule is Clc1cccc(COCCNc2ccc(Br)cc2)c1. The van der Waals surface area contributed by atoms with Crippen LogP contribution in [0.3, 0.4) is 0 Å². The third-order valence-corrected chi connectivity index (χ3v) is 3.34. The van der Waals surface area contributed by atoms with Crippen molar-refractivity contribution in [1.29, 1.82) is 0 Å². The van der Waals surface area contributed by atoms with E-state index in [1.54, 1.807) is 0 Å². The maximum absolute atomic E-state index is 5.91. The van der Waals surface area contributed by atoms with Crippen molar-refractivity contribution >= 4 is 33.2 Å². The monoisotopic (exact) mass is 339 g/mol. The van der Waals surface area contributed by atoms with Crippen molar-refractivity contribution in [3.8, 4) is 0 Å². The van der Waals surface area contributed by atoms with Crippen LogP contribution < -0.4 is 5.32 Å². The normalized spacial score (nSPS) is 10.4. The van der Waals surface area contributed by atoms with Crippen molar-refractivity contribution in [2.24, 2.45) is 0 Å². The van der Waals surface area contributed by atoms with Crippen molar-refractivity contribution in [2.45, 2.75) is 6.61 Å². The molecule has 0 bridgehead atoms. The summed E-state index contributed by atoms with van der Waals surface area (Å²) in [5, 5.41) is 4.04. The highest BCUT2D eigenvalue weighted by atomic mass is 79.9. The van der Waals surface area contributed by atoms with Crippen LogP contribution in [0.25, 0.3) is 0 Å². The molecule has 0 aromatic heterocycles. The van der Waals surface area contributed by atoms with Crippen LogP contribution in [0.1, 0.15) is 5.56 Å². The average Bonchev–Trinajstić information content (AvgIpc) is 2.41. The standard InChI is InChI=1S/C15H15BrClNO/c16-13-4-6-15(7-5-13)18-8-9-19-11-12-2-1-3-14(17)10-12/h1-7,10,18H,8-9,11H2. The van der Waals surface area contributed by atoms with Gasteiger partial charge in [-0.3, -0.25) is 0 Å². The van der Waals surface area contributed by atoms with Gasteiger partial charge in [-0.25, -0.2) is 0 Å². The number of halogens is 2. The summed E-state index contributed by atoms with van der Waals surface area (Å²) in [4.78, 5) is 0. The Hall–Kier alpha value is -1.03. The molecule has 0 fully saturated rings. The number of anilines is 1. The Balaban J connectivity index is 1.66. The molecule has 2 nitrogen and oxygen atoms in total. The summed E-state index contributed by atoms with van der Waals surface area (Å²) in [5.41, 5.74) is 2.19. The third-order valence-electron chi connectivity index (χ3n) is 2.58. The molecule has 2 aromatic carbocycles. The predicted octanol–water partition coefficient (Wildman–Crippen LogP) is 4.73. The summed E-state index contributed by atoms with van der Waals surface area (Å²) < 4.78 is 6.67. The van der Waals surface area contributed by atoms with Crippen molar-refractivity contribution in [1.82, 2.24) is 0 Å². The lowest BCUT2D eigenvalue weighted by Crippen LogP contribution is -2.09. The Morgan fingerprint density at radius 2 is 1.89 bits per heavy atom. The lowest BCUT2D eigenvalue weighted by Gasteiger charge is -2.08. The summed E-state index contributed by atoms with van der Waals surface area (Å²) >= 11 is 9.31. The topological polar surface area (TPSA) is 21.3 Å². The molecular formula is C15H15BrClNO. The van der Waals surface area contributed by atoms with Gasteiger partial charge in [0, 0.05) is 21.7 Å². The second-order valence-corrected chi connectivity index (χ2v) is 5.47. The lowest BCUT2D eigenvalue weighted by atomic mass is 10.2. The summed E-state index contributed by atoms with van der Waals surface area (Å²) in [7, 11) is 0. The van der Waals surface area contributed by atoms with Gasteiger partial charge in [0.15, 0.2) is 0 Å².